The smallest absolute Gasteiger partial charge is 0.332 e. The molecule has 3 N–H and O–H groups in total. The number of nitrogens with one attached hydrogen (secondary N) is 1. The van der Waals surface area contributed by atoms with Gasteiger partial charge in [0.2, 0.25) is 0 Å². The van der Waals surface area contributed by atoms with Crippen LogP contribution in [0, 0.1) is 6.92 Å². The molecular formula is C17H19N3O3. The number of ether oxygens (including phenoxy) is 2. The van der Waals surface area contributed by atoms with E-state index in [0.29, 0.717) is 18.1 Å². The fraction of sp³-hybridized carbons (Fsp3) is 0.176. The fourth-order valence-corrected chi connectivity index (χ4v) is 2.02. The highest BCUT2D eigenvalue weighted by molar-refractivity contribution is 5.82. The third-order valence-corrected chi connectivity index (χ3v) is 3.05. The minimum Gasteiger partial charge on any atom is -0.493 e. The highest BCUT2D eigenvalue weighted by Gasteiger charge is 2.06. The van der Waals surface area contributed by atoms with Gasteiger partial charge in [0.1, 0.15) is 6.61 Å². The van der Waals surface area contributed by atoms with E-state index in [9.17, 15) is 4.79 Å². The van der Waals surface area contributed by atoms with Gasteiger partial charge in [-0.15, -0.1) is 0 Å². The summed E-state index contributed by atoms with van der Waals surface area (Å²) in [6.45, 7) is 2.49. The molecule has 0 fully saturated rings. The quantitative estimate of drug-likeness (QED) is 0.635. The molecule has 120 valence electrons. The molecule has 0 saturated carbocycles. The molecule has 2 rings (SSSR count). The Morgan fingerprint density at radius 3 is 2.78 bits per heavy atom. The van der Waals surface area contributed by atoms with Crippen molar-refractivity contribution in [2.75, 3.05) is 7.11 Å². The number of amides is 2. The predicted octanol–water partition coefficient (Wildman–Crippen LogP) is 2.58. The number of nitrogens with two attached hydrogens (primary N) is 1. The van der Waals surface area contributed by atoms with Crippen molar-refractivity contribution < 1.29 is 14.3 Å². The maximum atomic E-state index is 10.6. The Balaban J connectivity index is 2.07. The number of benzene rings is 2. The summed E-state index contributed by atoms with van der Waals surface area (Å²) in [6, 6.07) is 12.8. The second-order valence-electron chi connectivity index (χ2n) is 4.92. The Hall–Kier alpha value is -3.02. The molecule has 0 spiro atoms. The van der Waals surface area contributed by atoms with E-state index in [2.05, 4.69) is 16.6 Å². The van der Waals surface area contributed by atoms with Crippen molar-refractivity contribution in [1.29, 1.82) is 0 Å². The van der Waals surface area contributed by atoms with E-state index in [-0.39, 0.29) is 0 Å². The highest BCUT2D eigenvalue weighted by atomic mass is 16.5. The summed E-state index contributed by atoms with van der Waals surface area (Å²) < 4.78 is 11.1. The van der Waals surface area contributed by atoms with Gasteiger partial charge >= 0.3 is 6.03 Å². The maximum Gasteiger partial charge on any atom is 0.332 e. The van der Waals surface area contributed by atoms with Crippen LogP contribution in [-0.2, 0) is 6.61 Å². The molecule has 0 bridgehead atoms. The summed E-state index contributed by atoms with van der Waals surface area (Å²) in [5.41, 5.74) is 10.1. The van der Waals surface area contributed by atoms with Gasteiger partial charge in [-0.3, -0.25) is 0 Å². The Morgan fingerprint density at radius 2 is 2.09 bits per heavy atom. The maximum absolute atomic E-state index is 10.6. The molecule has 6 nitrogen and oxygen atoms in total. The lowest BCUT2D eigenvalue weighted by atomic mass is 10.1. The van der Waals surface area contributed by atoms with Gasteiger partial charge in [-0.05, 0) is 36.2 Å². The van der Waals surface area contributed by atoms with Gasteiger partial charge in [0.15, 0.2) is 11.5 Å². The first-order chi connectivity index (χ1) is 11.1. The molecular weight excluding hydrogens is 294 g/mol. The molecule has 0 aliphatic heterocycles. The van der Waals surface area contributed by atoms with Crippen molar-refractivity contribution in [3.05, 3.63) is 59.2 Å². The van der Waals surface area contributed by atoms with Gasteiger partial charge < -0.3 is 15.2 Å². The lowest BCUT2D eigenvalue weighted by Crippen LogP contribution is -2.24. The van der Waals surface area contributed by atoms with Gasteiger partial charge in [-0.2, -0.15) is 5.10 Å². The van der Waals surface area contributed by atoms with E-state index in [0.717, 1.165) is 11.1 Å². The number of aryl methyl sites for hydroxylation is 1. The van der Waals surface area contributed by atoms with E-state index >= 15 is 0 Å². The van der Waals surface area contributed by atoms with Crippen LogP contribution in [0.5, 0.6) is 11.5 Å². The fourth-order valence-electron chi connectivity index (χ4n) is 2.02. The molecule has 0 radical (unpaired) electrons. The van der Waals surface area contributed by atoms with Crippen LogP contribution >= 0.6 is 0 Å². The van der Waals surface area contributed by atoms with Crippen molar-refractivity contribution in [1.82, 2.24) is 5.43 Å². The first-order valence-corrected chi connectivity index (χ1v) is 7.03. The second kappa shape index (κ2) is 7.84. The van der Waals surface area contributed by atoms with Gasteiger partial charge in [0.25, 0.3) is 0 Å². The Kier molecular flexibility index (Phi) is 5.57. The van der Waals surface area contributed by atoms with E-state index in [1.807, 2.05) is 25.1 Å². The zero-order valence-corrected chi connectivity index (χ0v) is 13.1. The number of nitrogens with zero attached hydrogens (tertiary/aromatic N) is 1. The number of hydrogen-bond acceptors (Lipinski definition) is 4. The predicted molar refractivity (Wildman–Crippen MR) is 88.8 cm³/mol. The lowest BCUT2D eigenvalue weighted by molar-refractivity contribution is 0.249. The number of carbonyl (C=O) groups excluding carboxylic acids is 1. The van der Waals surface area contributed by atoms with Crippen LogP contribution in [0.4, 0.5) is 4.79 Å². The Morgan fingerprint density at radius 1 is 1.26 bits per heavy atom. The van der Waals surface area contributed by atoms with Crippen LogP contribution < -0.4 is 20.6 Å². The summed E-state index contributed by atoms with van der Waals surface area (Å²) in [7, 11) is 1.57. The third-order valence-electron chi connectivity index (χ3n) is 3.05. The minimum atomic E-state index is -0.716. The van der Waals surface area contributed by atoms with E-state index in [1.165, 1.54) is 11.8 Å². The zero-order chi connectivity index (χ0) is 16.7. The highest BCUT2D eigenvalue weighted by Crippen LogP contribution is 2.28. The van der Waals surface area contributed by atoms with Crippen molar-refractivity contribution in [2.24, 2.45) is 10.8 Å². The molecule has 0 heterocycles. The first kappa shape index (κ1) is 16.4. The zero-order valence-electron chi connectivity index (χ0n) is 13.1. The molecule has 2 aromatic carbocycles. The number of carbonyl (C=O) groups is 1. The van der Waals surface area contributed by atoms with Gasteiger partial charge in [0.05, 0.1) is 13.3 Å². The summed E-state index contributed by atoms with van der Waals surface area (Å²) in [5, 5.41) is 3.70. The number of hydrazone groups is 1. The average Bonchev–Trinajstić information content (AvgIpc) is 2.53. The number of hydrogen-bond donors (Lipinski definition) is 2. The monoisotopic (exact) mass is 313 g/mol. The van der Waals surface area contributed by atoms with Crippen LogP contribution in [0.25, 0.3) is 0 Å². The van der Waals surface area contributed by atoms with Crippen LogP contribution in [0.3, 0.4) is 0 Å². The summed E-state index contributed by atoms with van der Waals surface area (Å²) in [5.74, 6) is 1.22. The van der Waals surface area contributed by atoms with Crippen LogP contribution in [0.1, 0.15) is 16.7 Å². The van der Waals surface area contributed by atoms with Gasteiger partial charge in [-0.25, -0.2) is 10.2 Å². The first-order valence-electron chi connectivity index (χ1n) is 7.03. The topological polar surface area (TPSA) is 85.9 Å². The van der Waals surface area contributed by atoms with Crippen molar-refractivity contribution >= 4 is 12.2 Å². The number of methoxy groups -OCH3 is 1. The van der Waals surface area contributed by atoms with Crippen LogP contribution in [0.2, 0.25) is 0 Å². The normalized spacial score (nSPS) is 10.5. The largest absolute Gasteiger partial charge is 0.493 e. The van der Waals surface area contributed by atoms with E-state index < -0.39 is 6.03 Å². The second-order valence-corrected chi connectivity index (χ2v) is 4.92. The van der Waals surface area contributed by atoms with Crippen molar-refractivity contribution in [3.63, 3.8) is 0 Å². The average molecular weight is 313 g/mol. The molecule has 6 heteroatoms. The van der Waals surface area contributed by atoms with E-state index in [4.69, 9.17) is 15.2 Å². The molecule has 2 amide bonds. The standard InChI is InChI=1S/C17H19N3O3/c1-12-4-3-5-14(8-12)11-23-15-7-6-13(9-16(15)22-2)10-19-20-17(18)21/h3-10H,11H2,1-2H3,(H3,18,20,21). The van der Waals surface area contributed by atoms with Gasteiger partial charge in [0, 0.05) is 0 Å². The summed E-state index contributed by atoms with van der Waals surface area (Å²) in [6.07, 6.45) is 1.47. The molecule has 0 aromatic heterocycles. The molecule has 0 unspecified atom stereocenters. The summed E-state index contributed by atoms with van der Waals surface area (Å²) >= 11 is 0. The Labute approximate surface area is 134 Å². The summed E-state index contributed by atoms with van der Waals surface area (Å²) in [4.78, 5) is 10.6. The van der Waals surface area contributed by atoms with Crippen molar-refractivity contribution in [3.8, 4) is 11.5 Å². The Bertz CT molecular complexity index is 714. The number of urea groups is 1. The molecule has 0 aliphatic carbocycles. The SMILES string of the molecule is COc1cc(C=NNC(N)=O)ccc1OCc1cccc(C)c1. The third kappa shape index (κ3) is 5.03. The molecule has 23 heavy (non-hydrogen) atoms. The van der Waals surface area contributed by atoms with Crippen molar-refractivity contribution in [2.45, 2.75) is 13.5 Å². The molecule has 0 saturated heterocycles. The molecule has 2 aromatic rings. The van der Waals surface area contributed by atoms with E-state index in [1.54, 1.807) is 25.3 Å². The van der Waals surface area contributed by atoms with Gasteiger partial charge in [-0.1, -0.05) is 29.8 Å². The molecule has 0 aliphatic rings. The molecule has 0 atom stereocenters. The van der Waals surface area contributed by atoms with Crippen LogP contribution in [0.15, 0.2) is 47.6 Å². The number of rotatable bonds is 6. The number of primary amides is 1. The van der Waals surface area contributed by atoms with Crippen LogP contribution in [-0.4, -0.2) is 19.4 Å². The minimum absolute atomic E-state index is 0.453. The lowest BCUT2D eigenvalue weighted by Gasteiger charge is -2.11.